The van der Waals surface area contributed by atoms with Crippen LogP contribution in [-0.2, 0) is 0 Å². The Bertz CT molecular complexity index is 642. The van der Waals surface area contributed by atoms with Crippen LogP contribution in [0.2, 0.25) is 0 Å². The summed E-state index contributed by atoms with van der Waals surface area (Å²) < 4.78 is 5.42. The summed E-state index contributed by atoms with van der Waals surface area (Å²) in [6.07, 6.45) is 7.79. The summed E-state index contributed by atoms with van der Waals surface area (Å²) in [4.78, 5) is 11.0. The van der Waals surface area contributed by atoms with Crippen molar-refractivity contribution in [3.05, 3.63) is 53.9 Å². The Hall–Kier alpha value is -2.36. The van der Waals surface area contributed by atoms with Crippen molar-refractivity contribution in [1.82, 2.24) is 9.88 Å². The summed E-state index contributed by atoms with van der Waals surface area (Å²) >= 11 is 0. The van der Waals surface area contributed by atoms with E-state index >= 15 is 0 Å². The maximum atomic E-state index is 5.42. The number of methoxy groups -OCH3 is 1. The van der Waals surface area contributed by atoms with Crippen LogP contribution in [0, 0.1) is 0 Å². The molecule has 0 saturated carbocycles. The van der Waals surface area contributed by atoms with E-state index in [0.29, 0.717) is 11.8 Å². The zero-order chi connectivity index (χ0) is 18.1. The molecule has 0 aliphatic carbocycles. The zero-order valence-electron chi connectivity index (χ0n) is 15.7. The highest BCUT2D eigenvalue weighted by molar-refractivity contribution is 6.07. The molecule has 0 fully saturated rings. The molecular formula is C20H29N3O. The second kappa shape index (κ2) is 9.71. The molecule has 0 aliphatic rings. The van der Waals surface area contributed by atoms with Gasteiger partial charge in [-0.1, -0.05) is 26.5 Å². The van der Waals surface area contributed by atoms with Crippen molar-refractivity contribution in [2.75, 3.05) is 27.7 Å². The van der Waals surface area contributed by atoms with Gasteiger partial charge in [-0.25, -0.2) is 4.98 Å². The van der Waals surface area contributed by atoms with E-state index in [-0.39, 0.29) is 0 Å². The highest BCUT2D eigenvalue weighted by atomic mass is 16.5. The monoisotopic (exact) mass is 327 g/mol. The molecular weight excluding hydrogens is 298 g/mol. The molecule has 0 radical (unpaired) electrons. The molecule has 1 heterocycles. The first kappa shape index (κ1) is 19.7. The van der Waals surface area contributed by atoms with Gasteiger partial charge in [0, 0.05) is 31.9 Å². The molecule has 0 spiro atoms. The third-order valence-electron chi connectivity index (χ3n) is 3.81. The zero-order valence-corrected chi connectivity index (χ0v) is 15.7. The van der Waals surface area contributed by atoms with Gasteiger partial charge in [0.05, 0.1) is 18.5 Å². The number of hydrogen-bond donors (Lipinski definition) is 0. The number of pyridine rings is 1. The maximum absolute atomic E-state index is 5.42. The van der Waals surface area contributed by atoms with Crippen molar-refractivity contribution in [1.29, 1.82) is 0 Å². The lowest BCUT2D eigenvalue weighted by Gasteiger charge is -2.20. The molecule has 130 valence electrons. The number of hydrogen-bond acceptors (Lipinski definition) is 4. The minimum atomic E-state index is 0.373. The Morgan fingerprint density at radius 3 is 2.62 bits per heavy atom. The lowest BCUT2D eigenvalue weighted by molar-refractivity contribution is 0.394. The summed E-state index contributed by atoms with van der Waals surface area (Å²) in [6, 6.07) is 4.08. The van der Waals surface area contributed by atoms with Crippen molar-refractivity contribution >= 4 is 11.8 Å². The Balaban J connectivity index is 3.15. The number of allylic oxidation sites excluding steroid dienone is 3. The van der Waals surface area contributed by atoms with Gasteiger partial charge in [-0.3, -0.25) is 4.99 Å². The van der Waals surface area contributed by atoms with Crippen LogP contribution in [0.25, 0.3) is 6.08 Å². The molecule has 0 unspecified atom stereocenters. The second-order valence-corrected chi connectivity index (χ2v) is 5.73. The van der Waals surface area contributed by atoms with Crippen LogP contribution in [0.3, 0.4) is 0 Å². The van der Waals surface area contributed by atoms with E-state index in [0.717, 1.165) is 29.2 Å². The summed E-state index contributed by atoms with van der Waals surface area (Å²) in [7, 11) is 5.46. The fraction of sp³-hybridized carbons (Fsp3) is 0.400. The van der Waals surface area contributed by atoms with Crippen molar-refractivity contribution in [2.45, 2.75) is 26.7 Å². The number of rotatable bonds is 8. The highest BCUT2D eigenvalue weighted by Crippen LogP contribution is 2.21. The van der Waals surface area contributed by atoms with Crippen molar-refractivity contribution in [3.63, 3.8) is 0 Å². The molecule has 0 N–H and O–H groups in total. The fourth-order valence-corrected chi connectivity index (χ4v) is 2.21. The summed E-state index contributed by atoms with van der Waals surface area (Å²) in [5.74, 6) is 1.02. The quantitative estimate of drug-likeness (QED) is 0.527. The van der Waals surface area contributed by atoms with Gasteiger partial charge in [-0.05, 0) is 43.2 Å². The molecule has 1 aromatic rings. The number of ether oxygens (including phenoxy) is 1. The molecule has 0 bridgehead atoms. The van der Waals surface area contributed by atoms with E-state index in [1.807, 2.05) is 37.4 Å². The molecule has 1 aromatic heterocycles. The normalized spacial score (nSPS) is 12.8. The smallest absolute Gasteiger partial charge is 0.220 e. The minimum absolute atomic E-state index is 0.373. The fourth-order valence-electron chi connectivity index (χ4n) is 2.21. The molecule has 0 aliphatic heterocycles. The molecule has 1 rings (SSSR count). The Morgan fingerprint density at radius 1 is 1.42 bits per heavy atom. The van der Waals surface area contributed by atoms with Gasteiger partial charge in [-0.2, -0.15) is 0 Å². The van der Waals surface area contributed by atoms with E-state index in [1.165, 1.54) is 0 Å². The van der Waals surface area contributed by atoms with Crippen LogP contribution >= 0.6 is 0 Å². The van der Waals surface area contributed by atoms with Gasteiger partial charge >= 0.3 is 0 Å². The lowest BCUT2D eigenvalue weighted by atomic mass is 10.1. The summed E-state index contributed by atoms with van der Waals surface area (Å²) in [5.41, 5.74) is 3.87. The minimum Gasteiger partial charge on any atom is -0.481 e. The summed E-state index contributed by atoms with van der Waals surface area (Å²) in [5, 5.41) is 0. The van der Waals surface area contributed by atoms with Crippen molar-refractivity contribution in [2.24, 2.45) is 4.99 Å². The largest absolute Gasteiger partial charge is 0.481 e. The van der Waals surface area contributed by atoms with E-state index in [4.69, 9.17) is 4.74 Å². The summed E-state index contributed by atoms with van der Waals surface area (Å²) in [6.45, 7) is 11.1. The topological polar surface area (TPSA) is 37.7 Å². The number of aromatic nitrogens is 1. The van der Waals surface area contributed by atoms with E-state index in [9.17, 15) is 0 Å². The average Bonchev–Trinajstić information content (AvgIpc) is 2.60. The van der Waals surface area contributed by atoms with Crippen LogP contribution in [0.15, 0.2) is 47.6 Å². The maximum Gasteiger partial charge on any atom is 0.220 e. The molecule has 0 saturated heterocycles. The van der Waals surface area contributed by atoms with Crippen LogP contribution in [-0.4, -0.2) is 43.3 Å². The van der Waals surface area contributed by atoms with Crippen molar-refractivity contribution in [3.8, 4) is 5.88 Å². The molecule has 4 heteroatoms. The third kappa shape index (κ3) is 5.08. The van der Waals surface area contributed by atoms with Gasteiger partial charge < -0.3 is 9.64 Å². The Labute approximate surface area is 146 Å². The highest BCUT2D eigenvalue weighted by Gasteiger charge is 2.08. The molecule has 0 amide bonds. The van der Waals surface area contributed by atoms with Crippen LogP contribution in [0.5, 0.6) is 5.88 Å². The van der Waals surface area contributed by atoms with Crippen LogP contribution in [0.4, 0.5) is 0 Å². The average molecular weight is 327 g/mol. The first-order valence-electron chi connectivity index (χ1n) is 8.22. The number of nitrogens with zero attached hydrogens (tertiary/aromatic N) is 3. The van der Waals surface area contributed by atoms with Gasteiger partial charge in [0.15, 0.2) is 0 Å². The number of aliphatic imine (C=N–C) groups is 1. The Kier molecular flexibility index (Phi) is 7.96. The van der Waals surface area contributed by atoms with Gasteiger partial charge in [0.25, 0.3) is 0 Å². The molecule has 0 atom stereocenters. The first-order chi connectivity index (χ1) is 11.5. The lowest BCUT2D eigenvalue weighted by Crippen LogP contribution is -2.22. The SMILES string of the molecule is C=CC(=NC)/C(=C\C=C\c1ccc(C(C)C)nc1OC)N(C)CC. The van der Waals surface area contributed by atoms with Crippen LogP contribution in [0.1, 0.15) is 37.9 Å². The van der Waals surface area contributed by atoms with E-state index < -0.39 is 0 Å². The molecule has 0 aromatic carbocycles. The first-order valence-corrected chi connectivity index (χ1v) is 8.22. The van der Waals surface area contributed by atoms with Gasteiger partial charge in [-0.15, -0.1) is 0 Å². The van der Waals surface area contributed by atoms with Gasteiger partial charge in [0.2, 0.25) is 5.88 Å². The van der Waals surface area contributed by atoms with E-state index in [1.54, 1.807) is 20.2 Å². The molecule has 4 nitrogen and oxygen atoms in total. The molecule has 24 heavy (non-hydrogen) atoms. The van der Waals surface area contributed by atoms with Crippen molar-refractivity contribution < 1.29 is 4.74 Å². The van der Waals surface area contributed by atoms with Gasteiger partial charge in [0.1, 0.15) is 0 Å². The predicted molar refractivity (Wildman–Crippen MR) is 104 cm³/mol. The van der Waals surface area contributed by atoms with Crippen LogP contribution < -0.4 is 4.74 Å². The third-order valence-corrected chi connectivity index (χ3v) is 3.81. The van der Waals surface area contributed by atoms with E-state index in [2.05, 4.69) is 42.2 Å². The second-order valence-electron chi connectivity index (χ2n) is 5.73. The standard InChI is InChI=1S/C20H29N3O/c1-8-17(21-5)19(23(6)9-2)12-10-11-16-13-14-18(15(3)4)22-20(16)24-7/h8,10-15H,1,9H2,2-7H3/b11-10+,19-12+,21-17?. The Morgan fingerprint density at radius 2 is 2.12 bits per heavy atom. The predicted octanol–water partition coefficient (Wildman–Crippen LogP) is 4.32.